The van der Waals surface area contributed by atoms with Crippen molar-refractivity contribution < 1.29 is 4.79 Å². The molecule has 2 nitrogen and oxygen atoms in total. The number of carbonyl (C=O) groups is 1. The first-order valence-corrected chi connectivity index (χ1v) is 10.7. The first-order valence-electron chi connectivity index (χ1n) is 7.26. The molecule has 0 unspecified atom stereocenters. The monoisotopic (exact) mass is 389 g/mol. The van der Waals surface area contributed by atoms with E-state index in [1.54, 1.807) is 23.5 Å². The summed E-state index contributed by atoms with van der Waals surface area (Å²) in [5.74, 6) is 0.784. The molecule has 0 spiro atoms. The zero-order valence-corrected chi connectivity index (χ0v) is 16.2. The SMILES string of the molecule is CSc1ccccc1CSc1ccccc1C=C1SC(=S)NC1=O. The van der Waals surface area contributed by atoms with Crippen LogP contribution in [0.2, 0.25) is 0 Å². The standard InChI is InChI=1S/C18H15NOS4/c1-22-14-8-4-3-7-13(14)11-23-15-9-5-2-6-12(15)10-16-17(20)19-18(21)24-16/h2-10H,11H2,1H3,(H,19,20,21). The minimum absolute atomic E-state index is 0.113. The summed E-state index contributed by atoms with van der Waals surface area (Å²) < 4.78 is 0.519. The fourth-order valence-corrected chi connectivity index (χ4v) is 5.05. The lowest BCUT2D eigenvalue weighted by Gasteiger charge is -2.09. The summed E-state index contributed by atoms with van der Waals surface area (Å²) in [7, 11) is 0. The van der Waals surface area contributed by atoms with Crippen LogP contribution >= 0.6 is 47.5 Å². The second-order valence-corrected chi connectivity index (χ2v) is 8.57. The first-order chi connectivity index (χ1) is 11.7. The second-order valence-electron chi connectivity index (χ2n) is 4.99. The molecule has 2 aromatic rings. The highest BCUT2D eigenvalue weighted by atomic mass is 32.2. The van der Waals surface area contributed by atoms with Crippen LogP contribution in [0.1, 0.15) is 11.1 Å². The Morgan fingerprint density at radius 1 is 1.12 bits per heavy atom. The van der Waals surface area contributed by atoms with Crippen LogP contribution in [0, 0.1) is 0 Å². The third-order valence-corrected chi connectivity index (χ3v) is 6.56. The maximum Gasteiger partial charge on any atom is 0.263 e. The highest BCUT2D eigenvalue weighted by molar-refractivity contribution is 8.26. The molecule has 1 aliphatic heterocycles. The van der Waals surface area contributed by atoms with Crippen molar-refractivity contribution in [1.82, 2.24) is 5.32 Å². The van der Waals surface area contributed by atoms with Crippen molar-refractivity contribution in [2.75, 3.05) is 6.26 Å². The Morgan fingerprint density at radius 2 is 1.83 bits per heavy atom. The molecule has 2 aromatic carbocycles. The molecule has 0 atom stereocenters. The summed E-state index contributed by atoms with van der Waals surface area (Å²) in [6.45, 7) is 0. The van der Waals surface area contributed by atoms with Crippen molar-refractivity contribution >= 4 is 63.8 Å². The van der Waals surface area contributed by atoms with Crippen LogP contribution < -0.4 is 5.32 Å². The van der Waals surface area contributed by atoms with Crippen molar-refractivity contribution in [2.24, 2.45) is 0 Å². The smallest absolute Gasteiger partial charge is 0.263 e. The Balaban J connectivity index is 1.81. The van der Waals surface area contributed by atoms with Gasteiger partial charge in [-0.2, -0.15) is 0 Å². The van der Waals surface area contributed by atoms with Gasteiger partial charge in [-0.05, 0) is 35.6 Å². The fourth-order valence-electron chi connectivity index (χ4n) is 2.27. The third kappa shape index (κ3) is 4.25. The van der Waals surface area contributed by atoms with E-state index in [2.05, 4.69) is 41.9 Å². The van der Waals surface area contributed by atoms with Crippen LogP contribution in [0.25, 0.3) is 6.08 Å². The molecule has 1 fully saturated rings. The van der Waals surface area contributed by atoms with Gasteiger partial charge >= 0.3 is 0 Å². The van der Waals surface area contributed by atoms with Crippen LogP contribution in [0.3, 0.4) is 0 Å². The average Bonchev–Trinajstić information content (AvgIpc) is 2.91. The van der Waals surface area contributed by atoms with E-state index in [4.69, 9.17) is 12.2 Å². The molecular weight excluding hydrogens is 374 g/mol. The van der Waals surface area contributed by atoms with Crippen molar-refractivity contribution in [1.29, 1.82) is 0 Å². The summed E-state index contributed by atoms with van der Waals surface area (Å²) in [4.78, 5) is 15.0. The van der Waals surface area contributed by atoms with E-state index in [1.807, 2.05) is 24.3 Å². The van der Waals surface area contributed by atoms with Crippen LogP contribution in [0.4, 0.5) is 0 Å². The molecule has 122 valence electrons. The highest BCUT2D eigenvalue weighted by Gasteiger charge is 2.22. The normalized spacial score (nSPS) is 15.8. The molecule has 1 aliphatic rings. The Morgan fingerprint density at radius 3 is 2.54 bits per heavy atom. The van der Waals surface area contributed by atoms with E-state index in [1.165, 1.54) is 22.2 Å². The number of nitrogens with one attached hydrogen (secondary N) is 1. The molecule has 1 amide bonds. The van der Waals surface area contributed by atoms with E-state index in [0.29, 0.717) is 9.23 Å². The van der Waals surface area contributed by atoms with Gasteiger partial charge in [0.1, 0.15) is 4.32 Å². The Labute approximate surface area is 159 Å². The third-order valence-electron chi connectivity index (χ3n) is 3.42. The first kappa shape index (κ1) is 17.6. The maximum absolute atomic E-state index is 11.9. The van der Waals surface area contributed by atoms with Crippen LogP contribution in [-0.2, 0) is 10.5 Å². The minimum atomic E-state index is -0.113. The van der Waals surface area contributed by atoms with Gasteiger partial charge in [0, 0.05) is 15.5 Å². The predicted octanol–water partition coefficient (Wildman–Crippen LogP) is 5.19. The summed E-state index contributed by atoms with van der Waals surface area (Å²) >= 11 is 9.91. The molecule has 6 heteroatoms. The number of rotatable bonds is 5. The number of thiocarbonyl (C=S) groups is 1. The number of thioether (sulfide) groups is 3. The van der Waals surface area contributed by atoms with Gasteiger partial charge in [0.2, 0.25) is 0 Å². The van der Waals surface area contributed by atoms with Crippen molar-refractivity contribution in [3.05, 3.63) is 64.6 Å². The van der Waals surface area contributed by atoms with Crippen molar-refractivity contribution in [2.45, 2.75) is 15.5 Å². The number of hydrogen-bond donors (Lipinski definition) is 1. The van der Waals surface area contributed by atoms with Crippen LogP contribution in [0.15, 0.2) is 63.2 Å². The van der Waals surface area contributed by atoms with Crippen molar-refractivity contribution in [3.63, 3.8) is 0 Å². The van der Waals surface area contributed by atoms with E-state index >= 15 is 0 Å². The van der Waals surface area contributed by atoms with Crippen molar-refractivity contribution in [3.8, 4) is 0 Å². The average molecular weight is 390 g/mol. The molecule has 1 saturated heterocycles. The lowest BCUT2D eigenvalue weighted by molar-refractivity contribution is -0.115. The highest BCUT2D eigenvalue weighted by Crippen LogP contribution is 2.33. The van der Waals surface area contributed by atoms with E-state index in [9.17, 15) is 4.79 Å². The molecule has 0 bridgehead atoms. The number of hydrogen-bond acceptors (Lipinski definition) is 5. The lowest BCUT2D eigenvalue weighted by atomic mass is 10.2. The number of carbonyl (C=O) groups excluding carboxylic acids is 1. The van der Waals surface area contributed by atoms with Crippen LogP contribution in [-0.4, -0.2) is 16.5 Å². The second kappa shape index (κ2) is 8.25. The van der Waals surface area contributed by atoms with Gasteiger partial charge in [0.25, 0.3) is 5.91 Å². The Bertz CT molecular complexity index is 816. The van der Waals surface area contributed by atoms with Gasteiger partial charge in [-0.1, -0.05) is 60.4 Å². The molecule has 24 heavy (non-hydrogen) atoms. The Hall–Kier alpha value is -1.21. The van der Waals surface area contributed by atoms with Gasteiger partial charge in [-0.3, -0.25) is 4.79 Å². The zero-order chi connectivity index (χ0) is 16.9. The minimum Gasteiger partial charge on any atom is -0.307 e. The molecule has 0 aliphatic carbocycles. The van der Waals surface area contributed by atoms with Gasteiger partial charge < -0.3 is 5.32 Å². The van der Waals surface area contributed by atoms with Gasteiger partial charge in [-0.15, -0.1) is 23.5 Å². The van der Waals surface area contributed by atoms with E-state index < -0.39 is 0 Å². The number of amides is 1. The summed E-state index contributed by atoms with van der Waals surface area (Å²) in [5.41, 5.74) is 2.37. The Kier molecular flexibility index (Phi) is 6.05. The topological polar surface area (TPSA) is 29.1 Å². The predicted molar refractivity (Wildman–Crippen MR) is 111 cm³/mol. The molecule has 1 heterocycles. The van der Waals surface area contributed by atoms with Gasteiger partial charge in [0.15, 0.2) is 0 Å². The molecule has 0 radical (unpaired) electrons. The quantitative estimate of drug-likeness (QED) is 0.432. The largest absolute Gasteiger partial charge is 0.307 e. The molecular formula is C18H15NOS4. The van der Waals surface area contributed by atoms with Crippen LogP contribution in [0.5, 0.6) is 0 Å². The van der Waals surface area contributed by atoms with Gasteiger partial charge in [0.05, 0.1) is 4.91 Å². The van der Waals surface area contributed by atoms with E-state index in [0.717, 1.165) is 16.2 Å². The summed E-state index contributed by atoms with van der Waals surface area (Å²) in [5, 5.41) is 2.66. The molecule has 0 aromatic heterocycles. The van der Waals surface area contributed by atoms with Gasteiger partial charge in [-0.25, -0.2) is 0 Å². The zero-order valence-electron chi connectivity index (χ0n) is 12.9. The number of benzene rings is 2. The molecule has 1 N–H and O–H groups in total. The fraction of sp³-hybridized carbons (Fsp3) is 0.111. The summed E-state index contributed by atoms with van der Waals surface area (Å²) in [6, 6.07) is 16.6. The molecule has 0 saturated carbocycles. The molecule has 3 rings (SSSR count). The summed E-state index contributed by atoms with van der Waals surface area (Å²) in [6.07, 6.45) is 4.02. The lowest BCUT2D eigenvalue weighted by Crippen LogP contribution is -2.17. The van der Waals surface area contributed by atoms with E-state index in [-0.39, 0.29) is 5.91 Å². The maximum atomic E-state index is 11.9.